The minimum Gasteiger partial charge on any atom is -0.339 e. The number of nitrogens with zero attached hydrogens (tertiary/aromatic N) is 1. The van der Waals surface area contributed by atoms with Crippen molar-refractivity contribution in [2.75, 3.05) is 18.4 Å². The van der Waals surface area contributed by atoms with Gasteiger partial charge in [-0.1, -0.05) is 29.8 Å². The van der Waals surface area contributed by atoms with Crippen molar-refractivity contribution >= 4 is 33.4 Å². The molecule has 0 atom stereocenters. The maximum absolute atomic E-state index is 12.5. The molecule has 0 aliphatic heterocycles. The van der Waals surface area contributed by atoms with Gasteiger partial charge in [0.2, 0.25) is 0 Å². The van der Waals surface area contributed by atoms with Gasteiger partial charge >= 0.3 is 0 Å². The number of hydrogen-bond donors (Lipinski definition) is 1. The molecule has 1 N–H and O–H groups in total. The number of carbonyl (C=O) groups is 2. The molecular weight excluding hydrogens is 380 g/mol. The Morgan fingerprint density at radius 3 is 1.92 bits per heavy atom. The van der Waals surface area contributed by atoms with Crippen molar-refractivity contribution in [2.24, 2.45) is 0 Å². The van der Waals surface area contributed by atoms with Crippen molar-refractivity contribution in [1.29, 1.82) is 0 Å². The van der Waals surface area contributed by atoms with Crippen molar-refractivity contribution in [3.8, 4) is 0 Å². The molecule has 0 aromatic heterocycles. The van der Waals surface area contributed by atoms with Crippen LogP contribution in [-0.2, 0) is 0 Å². The molecule has 25 heavy (non-hydrogen) atoms. The third-order valence-corrected chi connectivity index (χ3v) is 4.30. The van der Waals surface area contributed by atoms with Crippen LogP contribution >= 0.6 is 15.9 Å². The fourth-order valence-electron chi connectivity index (χ4n) is 2.54. The molecule has 2 amide bonds. The Hall–Kier alpha value is -2.14. The van der Waals surface area contributed by atoms with Gasteiger partial charge in [-0.15, -0.1) is 0 Å². The van der Waals surface area contributed by atoms with Crippen LogP contribution in [0.25, 0.3) is 0 Å². The fourth-order valence-corrected chi connectivity index (χ4v) is 2.80. The molecule has 0 saturated heterocycles. The number of rotatable bonds is 7. The van der Waals surface area contributed by atoms with Gasteiger partial charge in [-0.25, -0.2) is 0 Å². The molecule has 2 aromatic carbocycles. The van der Waals surface area contributed by atoms with E-state index in [9.17, 15) is 9.59 Å². The summed E-state index contributed by atoms with van der Waals surface area (Å²) >= 11 is 3.35. The van der Waals surface area contributed by atoms with E-state index in [0.29, 0.717) is 16.8 Å². The van der Waals surface area contributed by atoms with Gasteiger partial charge in [0.15, 0.2) is 0 Å². The van der Waals surface area contributed by atoms with E-state index in [0.717, 1.165) is 30.4 Å². The molecule has 0 bridgehead atoms. The fraction of sp³-hybridized carbons (Fsp3) is 0.300. The molecule has 5 heteroatoms. The summed E-state index contributed by atoms with van der Waals surface area (Å²) in [5.41, 5.74) is 1.89. The van der Waals surface area contributed by atoms with Crippen LogP contribution in [0.2, 0.25) is 0 Å². The Morgan fingerprint density at radius 1 is 0.880 bits per heavy atom. The van der Waals surface area contributed by atoms with E-state index in [1.165, 1.54) is 0 Å². The molecule has 4 nitrogen and oxygen atoms in total. The summed E-state index contributed by atoms with van der Waals surface area (Å²) in [6.45, 7) is 5.65. The first kappa shape index (κ1) is 19.2. The van der Waals surface area contributed by atoms with Crippen molar-refractivity contribution in [1.82, 2.24) is 4.90 Å². The van der Waals surface area contributed by atoms with Gasteiger partial charge in [-0.2, -0.15) is 0 Å². The predicted octanol–water partition coefficient (Wildman–Crippen LogP) is 4.96. The highest BCUT2D eigenvalue weighted by Gasteiger charge is 2.14. The van der Waals surface area contributed by atoms with Gasteiger partial charge in [0, 0.05) is 34.4 Å². The maximum atomic E-state index is 12.5. The monoisotopic (exact) mass is 402 g/mol. The van der Waals surface area contributed by atoms with Crippen molar-refractivity contribution < 1.29 is 9.59 Å². The quantitative estimate of drug-likeness (QED) is 0.710. The zero-order valence-electron chi connectivity index (χ0n) is 14.6. The van der Waals surface area contributed by atoms with Crippen LogP contribution in [0.5, 0.6) is 0 Å². The Labute approximate surface area is 157 Å². The van der Waals surface area contributed by atoms with Crippen LogP contribution in [0.1, 0.15) is 47.4 Å². The van der Waals surface area contributed by atoms with Crippen LogP contribution in [0.15, 0.2) is 53.0 Å². The molecule has 2 aromatic rings. The normalized spacial score (nSPS) is 10.4. The largest absolute Gasteiger partial charge is 0.339 e. The highest BCUT2D eigenvalue weighted by molar-refractivity contribution is 9.10. The number of halogens is 1. The molecule has 0 aliphatic rings. The van der Waals surface area contributed by atoms with E-state index >= 15 is 0 Å². The lowest BCUT2D eigenvalue weighted by Gasteiger charge is -2.21. The van der Waals surface area contributed by atoms with Crippen LogP contribution in [0.3, 0.4) is 0 Å². The van der Waals surface area contributed by atoms with Crippen LogP contribution < -0.4 is 5.32 Å². The van der Waals surface area contributed by atoms with E-state index in [1.54, 1.807) is 36.4 Å². The molecular formula is C20H23BrN2O2. The van der Waals surface area contributed by atoms with E-state index in [-0.39, 0.29) is 11.8 Å². The Bertz CT molecular complexity index is 705. The summed E-state index contributed by atoms with van der Waals surface area (Å²) < 4.78 is 0.927. The first-order chi connectivity index (χ1) is 12.0. The van der Waals surface area contributed by atoms with Gasteiger partial charge in [-0.3, -0.25) is 9.59 Å². The number of benzene rings is 2. The summed E-state index contributed by atoms with van der Waals surface area (Å²) in [4.78, 5) is 26.6. The first-order valence-electron chi connectivity index (χ1n) is 8.51. The molecule has 0 fully saturated rings. The lowest BCUT2D eigenvalue weighted by atomic mass is 10.1. The highest BCUT2D eigenvalue weighted by Crippen LogP contribution is 2.15. The van der Waals surface area contributed by atoms with Gasteiger partial charge in [0.05, 0.1) is 0 Å². The van der Waals surface area contributed by atoms with E-state index in [1.807, 2.05) is 17.0 Å². The summed E-state index contributed by atoms with van der Waals surface area (Å²) in [5, 5.41) is 2.84. The van der Waals surface area contributed by atoms with Gasteiger partial charge < -0.3 is 10.2 Å². The Morgan fingerprint density at radius 2 is 1.40 bits per heavy atom. The molecule has 0 radical (unpaired) electrons. The third kappa shape index (κ3) is 5.43. The van der Waals surface area contributed by atoms with Crippen LogP contribution in [-0.4, -0.2) is 29.8 Å². The van der Waals surface area contributed by atoms with Crippen LogP contribution in [0.4, 0.5) is 5.69 Å². The zero-order valence-corrected chi connectivity index (χ0v) is 16.2. The first-order valence-corrected chi connectivity index (χ1v) is 9.30. The molecule has 0 spiro atoms. The highest BCUT2D eigenvalue weighted by atomic mass is 79.9. The van der Waals surface area contributed by atoms with Gasteiger partial charge in [0.1, 0.15) is 0 Å². The number of amides is 2. The predicted molar refractivity (Wildman–Crippen MR) is 105 cm³/mol. The standard InChI is InChI=1S/C20H23BrN2O2/c1-3-13-23(14-4-2)20(25)16-7-11-18(12-8-16)22-19(24)15-5-9-17(21)10-6-15/h5-12H,3-4,13-14H2,1-2H3,(H,22,24). The second-order valence-electron chi connectivity index (χ2n) is 5.83. The average Bonchev–Trinajstić information content (AvgIpc) is 2.62. The molecule has 0 saturated carbocycles. The molecule has 0 heterocycles. The SMILES string of the molecule is CCCN(CCC)C(=O)c1ccc(NC(=O)c2ccc(Br)cc2)cc1. The number of anilines is 1. The molecule has 0 aliphatic carbocycles. The van der Waals surface area contributed by atoms with Gasteiger partial charge in [-0.05, 0) is 61.4 Å². The Kier molecular flexibility index (Phi) is 7.19. The summed E-state index contributed by atoms with van der Waals surface area (Å²) in [7, 11) is 0. The molecule has 132 valence electrons. The second-order valence-corrected chi connectivity index (χ2v) is 6.75. The number of carbonyl (C=O) groups excluding carboxylic acids is 2. The van der Waals surface area contributed by atoms with Crippen molar-refractivity contribution in [3.05, 3.63) is 64.1 Å². The third-order valence-electron chi connectivity index (χ3n) is 3.77. The van der Waals surface area contributed by atoms with E-state index in [2.05, 4.69) is 35.1 Å². The minimum atomic E-state index is -0.176. The van der Waals surface area contributed by atoms with Crippen molar-refractivity contribution in [2.45, 2.75) is 26.7 Å². The number of nitrogens with one attached hydrogen (secondary N) is 1. The second kappa shape index (κ2) is 9.37. The maximum Gasteiger partial charge on any atom is 0.255 e. The van der Waals surface area contributed by atoms with Crippen molar-refractivity contribution in [3.63, 3.8) is 0 Å². The Balaban J connectivity index is 2.04. The lowest BCUT2D eigenvalue weighted by Crippen LogP contribution is -2.32. The summed E-state index contributed by atoms with van der Waals surface area (Å²) in [6, 6.07) is 14.2. The molecule has 0 unspecified atom stereocenters. The minimum absolute atomic E-state index is 0.0366. The smallest absolute Gasteiger partial charge is 0.255 e. The van der Waals surface area contributed by atoms with Crippen LogP contribution in [0, 0.1) is 0 Å². The number of hydrogen-bond acceptors (Lipinski definition) is 2. The van der Waals surface area contributed by atoms with E-state index < -0.39 is 0 Å². The topological polar surface area (TPSA) is 49.4 Å². The lowest BCUT2D eigenvalue weighted by molar-refractivity contribution is 0.0755. The summed E-state index contributed by atoms with van der Waals surface area (Å²) in [5.74, 6) is -0.139. The summed E-state index contributed by atoms with van der Waals surface area (Å²) in [6.07, 6.45) is 1.88. The zero-order chi connectivity index (χ0) is 18.2. The van der Waals surface area contributed by atoms with Gasteiger partial charge in [0.25, 0.3) is 11.8 Å². The average molecular weight is 403 g/mol. The van der Waals surface area contributed by atoms with E-state index in [4.69, 9.17) is 0 Å². The molecule has 2 rings (SSSR count).